The Kier molecular flexibility index (Phi) is 11.5. The summed E-state index contributed by atoms with van der Waals surface area (Å²) < 4.78 is 24.8. The lowest BCUT2D eigenvalue weighted by molar-refractivity contribution is -0.123. The number of benzene rings is 4. The predicted molar refractivity (Wildman–Crippen MR) is 243 cm³/mol. The molecule has 1 fully saturated rings. The number of aromatic nitrogens is 4. The molecule has 1 amide bonds. The summed E-state index contributed by atoms with van der Waals surface area (Å²) in [5.74, 6) is 0.194. The van der Waals surface area contributed by atoms with Gasteiger partial charge in [0.15, 0.2) is 23.2 Å². The first-order valence-electron chi connectivity index (χ1n) is 20.6. The highest BCUT2D eigenvalue weighted by molar-refractivity contribution is 7.00. The molecule has 0 spiro atoms. The first-order valence-corrected chi connectivity index (χ1v) is 24.4. The van der Waals surface area contributed by atoms with Crippen LogP contribution in [0.15, 0.2) is 134 Å². The van der Waals surface area contributed by atoms with Crippen LogP contribution in [-0.2, 0) is 18.4 Å². The van der Waals surface area contributed by atoms with Crippen LogP contribution >= 0.6 is 0 Å². The van der Waals surface area contributed by atoms with Gasteiger partial charge in [-0.2, -0.15) is 0 Å². The molecular weight excluding hydrogens is 767 g/mol. The maximum Gasteiger partial charge on any atom is 0.261 e. The van der Waals surface area contributed by atoms with E-state index in [0.717, 1.165) is 0 Å². The van der Waals surface area contributed by atoms with E-state index in [1.165, 1.54) is 27.1 Å². The summed E-state index contributed by atoms with van der Waals surface area (Å²) in [6.07, 6.45) is 2.66. The third-order valence-electron chi connectivity index (χ3n) is 11.7. The molecule has 0 bridgehead atoms. The molecule has 7 rings (SSSR count). The van der Waals surface area contributed by atoms with Crippen molar-refractivity contribution < 1.29 is 18.4 Å². The molecular formula is C48H59N5O4Si2. The zero-order valence-electron chi connectivity index (χ0n) is 36.2. The third-order valence-corrected chi connectivity index (χ3v) is 21.7. The molecule has 1 N–H and O–H groups in total. The SMILES string of the molecule is CC(C)(C)C(=O)Nc1ncnc2c1ncn2[C@@H]1O[C@@](C)(CO[Si](c2ccccc2)(c2ccccc2)C(C)(C)C)C[C@H]1O[Si](c1ccccc1)(c1ccccc1)C(C)(C)C. The van der Waals surface area contributed by atoms with E-state index in [9.17, 15) is 4.79 Å². The fraction of sp³-hybridized carbons (Fsp3) is 0.375. The van der Waals surface area contributed by atoms with Gasteiger partial charge in [0.25, 0.3) is 16.6 Å². The minimum absolute atomic E-state index is 0.162. The van der Waals surface area contributed by atoms with Gasteiger partial charge in [-0.05, 0) is 37.7 Å². The maximum atomic E-state index is 13.2. The zero-order valence-corrected chi connectivity index (χ0v) is 38.2. The van der Waals surface area contributed by atoms with Crippen LogP contribution in [0.2, 0.25) is 10.1 Å². The highest BCUT2D eigenvalue weighted by Gasteiger charge is 2.57. The normalized spacial score (nSPS) is 19.2. The topological polar surface area (TPSA) is 100 Å². The molecule has 0 unspecified atom stereocenters. The number of carbonyl (C=O) groups excluding carboxylic acids is 1. The first-order chi connectivity index (χ1) is 27.9. The number of ether oxygens (including phenoxy) is 1. The minimum atomic E-state index is -3.08. The lowest BCUT2D eigenvalue weighted by Gasteiger charge is -2.45. The van der Waals surface area contributed by atoms with Crippen molar-refractivity contribution in [2.45, 2.75) is 104 Å². The molecule has 59 heavy (non-hydrogen) atoms. The van der Waals surface area contributed by atoms with E-state index in [2.05, 4.69) is 180 Å². The molecule has 9 nitrogen and oxygen atoms in total. The standard InChI is InChI=1S/C48H59N5O4Si2/c1-45(2,3)44(54)52-41-40-42(50-33-49-41)53(34-51-40)43-39(57-59(47(7,8)9,37-27-19-13-20-28-37)38-29-21-14-22-30-38)31-48(10,56-43)32-55-58(46(4,5)6,35-23-15-11-16-24-35)36-25-17-12-18-26-36/h11-30,33-34,39,43H,31-32H2,1-10H3,(H,49,50,52,54)/t39-,43-,48-/m1/s1. The summed E-state index contributed by atoms with van der Waals surface area (Å²) in [6.45, 7) is 21.8. The van der Waals surface area contributed by atoms with Crippen molar-refractivity contribution in [3.8, 4) is 0 Å². The van der Waals surface area contributed by atoms with E-state index < -0.39 is 40.0 Å². The molecule has 0 saturated carbocycles. The van der Waals surface area contributed by atoms with Crippen LogP contribution in [-0.4, -0.2) is 60.4 Å². The summed E-state index contributed by atoms with van der Waals surface area (Å²) in [7, 11) is -6.01. The zero-order chi connectivity index (χ0) is 42.3. The fourth-order valence-electron chi connectivity index (χ4n) is 8.74. The molecule has 1 aliphatic rings. The van der Waals surface area contributed by atoms with Gasteiger partial charge in [-0.15, -0.1) is 0 Å². The maximum absolute atomic E-state index is 13.2. The number of hydrogen-bond acceptors (Lipinski definition) is 7. The molecule has 6 aromatic rings. The van der Waals surface area contributed by atoms with E-state index in [1.807, 2.05) is 25.3 Å². The Morgan fingerprint density at radius 1 is 0.712 bits per heavy atom. The van der Waals surface area contributed by atoms with Gasteiger partial charge in [0.2, 0.25) is 5.91 Å². The number of anilines is 1. The molecule has 308 valence electrons. The van der Waals surface area contributed by atoms with Crippen molar-refractivity contribution in [2.75, 3.05) is 11.9 Å². The highest BCUT2D eigenvalue weighted by Crippen LogP contribution is 2.46. The van der Waals surface area contributed by atoms with Crippen molar-refractivity contribution >= 4 is 60.3 Å². The van der Waals surface area contributed by atoms with Crippen molar-refractivity contribution in [3.05, 3.63) is 134 Å². The van der Waals surface area contributed by atoms with Gasteiger partial charge in [0.1, 0.15) is 6.33 Å². The van der Waals surface area contributed by atoms with Crippen molar-refractivity contribution in [1.29, 1.82) is 0 Å². The summed E-state index contributed by atoms with van der Waals surface area (Å²) >= 11 is 0. The quantitative estimate of drug-likeness (QED) is 0.132. The summed E-state index contributed by atoms with van der Waals surface area (Å²) in [5, 5.41) is 7.26. The number of nitrogens with zero attached hydrogens (tertiary/aromatic N) is 4. The molecule has 11 heteroatoms. The Balaban J connectivity index is 1.37. The van der Waals surface area contributed by atoms with Crippen molar-refractivity contribution in [1.82, 2.24) is 19.5 Å². The predicted octanol–water partition coefficient (Wildman–Crippen LogP) is 8.01. The van der Waals surface area contributed by atoms with Crippen LogP contribution in [0, 0.1) is 5.41 Å². The average Bonchev–Trinajstić information content (AvgIpc) is 3.78. The lowest BCUT2D eigenvalue weighted by atomic mass is 9.96. The Bertz CT molecular complexity index is 2280. The number of hydrogen-bond donors (Lipinski definition) is 1. The largest absolute Gasteiger partial charge is 0.404 e. The molecule has 4 aromatic carbocycles. The second kappa shape index (κ2) is 16.0. The average molecular weight is 826 g/mol. The summed E-state index contributed by atoms with van der Waals surface area (Å²) in [5.41, 5.74) is -0.394. The van der Waals surface area contributed by atoms with Gasteiger partial charge < -0.3 is 18.9 Å². The van der Waals surface area contributed by atoms with Gasteiger partial charge in [-0.25, -0.2) is 15.0 Å². The van der Waals surface area contributed by atoms with Crippen LogP contribution in [0.25, 0.3) is 11.2 Å². The lowest BCUT2D eigenvalue weighted by Crippen LogP contribution is -2.68. The minimum Gasteiger partial charge on any atom is -0.404 e. The number of nitrogens with one attached hydrogen (secondary N) is 1. The van der Waals surface area contributed by atoms with Gasteiger partial charge in [-0.1, -0.05) is 184 Å². The Morgan fingerprint density at radius 2 is 1.17 bits per heavy atom. The molecule has 0 radical (unpaired) electrons. The van der Waals surface area contributed by atoms with E-state index in [4.69, 9.17) is 23.6 Å². The fourth-order valence-corrected chi connectivity index (χ4v) is 18.1. The number of amides is 1. The Morgan fingerprint density at radius 3 is 1.61 bits per heavy atom. The summed E-state index contributed by atoms with van der Waals surface area (Å²) in [6, 6.07) is 42.8. The van der Waals surface area contributed by atoms with Crippen LogP contribution in [0.1, 0.15) is 81.9 Å². The Labute approximate surface area is 351 Å². The van der Waals surface area contributed by atoms with E-state index in [1.54, 1.807) is 6.33 Å². The molecule has 0 aliphatic carbocycles. The van der Waals surface area contributed by atoms with Gasteiger partial charge in [0, 0.05) is 11.8 Å². The Hall–Kier alpha value is -4.79. The second-order valence-electron chi connectivity index (χ2n) is 19.2. The third kappa shape index (κ3) is 7.98. The van der Waals surface area contributed by atoms with E-state index in [-0.39, 0.29) is 16.0 Å². The van der Waals surface area contributed by atoms with Gasteiger partial charge in [0.05, 0.1) is 24.6 Å². The highest BCUT2D eigenvalue weighted by atomic mass is 28.4. The monoisotopic (exact) mass is 825 g/mol. The van der Waals surface area contributed by atoms with Gasteiger partial charge in [-0.3, -0.25) is 9.36 Å². The summed E-state index contributed by atoms with van der Waals surface area (Å²) in [4.78, 5) is 27.2. The van der Waals surface area contributed by atoms with Crippen LogP contribution in [0.4, 0.5) is 5.82 Å². The molecule has 3 heterocycles. The van der Waals surface area contributed by atoms with E-state index in [0.29, 0.717) is 30.0 Å². The smallest absolute Gasteiger partial charge is 0.261 e. The number of fused-ring (bicyclic) bond motifs is 1. The molecule has 1 saturated heterocycles. The van der Waals surface area contributed by atoms with Gasteiger partial charge >= 0.3 is 0 Å². The van der Waals surface area contributed by atoms with E-state index >= 15 is 0 Å². The number of carbonyl (C=O) groups is 1. The van der Waals surface area contributed by atoms with Crippen molar-refractivity contribution in [3.63, 3.8) is 0 Å². The number of rotatable bonds is 11. The first kappa shape index (κ1) is 42.3. The van der Waals surface area contributed by atoms with Crippen LogP contribution < -0.4 is 26.1 Å². The molecule has 1 aliphatic heterocycles. The van der Waals surface area contributed by atoms with Crippen LogP contribution in [0.3, 0.4) is 0 Å². The molecule has 3 atom stereocenters. The van der Waals surface area contributed by atoms with Crippen molar-refractivity contribution in [2.24, 2.45) is 5.41 Å². The molecule has 2 aromatic heterocycles. The number of imidazole rings is 1. The second-order valence-corrected chi connectivity index (χ2v) is 27.7. The van der Waals surface area contributed by atoms with Crippen LogP contribution in [0.5, 0.6) is 0 Å².